The zero-order chi connectivity index (χ0) is 20.0. The largest absolute Gasteiger partial charge is 0.493 e. The summed E-state index contributed by atoms with van der Waals surface area (Å²) in [4.78, 5) is 22.3. The van der Waals surface area contributed by atoms with Crippen molar-refractivity contribution >= 4 is 28.3 Å². The summed E-state index contributed by atoms with van der Waals surface area (Å²) < 4.78 is 19.2. The minimum Gasteiger partial charge on any atom is -0.493 e. The molecule has 3 heterocycles. The lowest BCUT2D eigenvalue weighted by Crippen LogP contribution is -2.35. The molecule has 1 saturated heterocycles. The Morgan fingerprint density at radius 1 is 1.28 bits per heavy atom. The lowest BCUT2D eigenvalue weighted by Gasteiger charge is -2.29. The van der Waals surface area contributed by atoms with Crippen LogP contribution in [0, 0.1) is 12.7 Å². The fraction of sp³-hybridized carbons (Fsp3) is 0.364. The number of aromatic amines is 1. The first-order valence-electron chi connectivity index (χ1n) is 10.1. The number of imidazole rings is 1. The van der Waals surface area contributed by atoms with Crippen molar-refractivity contribution in [1.29, 1.82) is 0 Å². The van der Waals surface area contributed by atoms with Gasteiger partial charge in [0.1, 0.15) is 22.9 Å². The van der Waals surface area contributed by atoms with E-state index in [-0.39, 0.29) is 17.8 Å². The number of anilines is 2. The predicted molar refractivity (Wildman–Crippen MR) is 110 cm³/mol. The van der Waals surface area contributed by atoms with Crippen molar-refractivity contribution in [2.45, 2.75) is 38.6 Å². The van der Waals surface area contributed by atoms with Gasteiger partial charge in [0.2, 0.25) is 5.91 Å². The van der Waals surface area contributed by atoms with Crippen molar-refractivity contribution in [2.75, 3.05) is 23.4 Å². The number of aryl methyl sites for hydroxylation is 1. The van der Waals surface area contributed by atoms with Crippen LogP contribution in [0.25, 0.3) is 11.0 Å². The average molecular weight is 394 g/mol. The zero-order valence-electron chi connectivity index (χ0n) is 16.3. The molecule has 1 aromatic heterocycles. The number of hydrogen-bond acceptors (Lipinski definition) is 4. The third kappa shape index (κ3) is 3.30. The van der Waals surface area contributed by atoms with Crippen LogP contribution in [0.1, 0.15) is 43.1 Å². The van der Waals surface area contributed by atoms with E-state index in [4.69, 9.17) is 4.74 Å². The summed E-state index contributed by atoms with van der Waals surface area (Å²) in [5, 5.41) is 3.58. The van der Waals surface area contributed by atoms with E-state index in [0.29, 0.717) is 18.8 Å². The molecule has 0 radical (unpaired) electrons. The van der Waals surface area contributed by atoms with Crippen molar-refractivity contribution in [2.24, 2.45) is 0 Å². The second kappa shape index (κ2) is 7.06. The van der Waals surface area contributed by atoms with Crippen LogP contribution in [0.4, 0.5) is 15.8 Å². The lowest BCUT2D eigenvalue weighted by molar-refractivity contribution is -0.119. The van der Waals surface area contributed by atoms with E-state index in [0.717, 1.165) is 59.6 Å². The number of nitrogens with one attached hydrogen (secondary N) is 2. The first-order chi connectivity index (χ1) is 14.1. The molecule has 7 heteroatoms. The van der Waals surface area contributed by atoms with Gasteiger partial charge in [0.05, 0.1) is 23.9 Å². The van der Waals surface area contributed by atoms with Gasteiger partial charge in [-0.2, -0.15) is 0 Å². The summed E-state index contributed by atoms with van der Waals surface area (Å²) in [6.07, 6.45) is 3.30. The van der Waals surface area contributed by atoms with Crippen molar-refractivity contribution < 1.29 is 13.9 Å². The Hall–Kier alpha value is -3.09. The number of piperidine rings is 1. The van der Waals surface area contributed by atoms with Crippen LogP contribution < -0.4 is 15.0 Å². The molecule has 2 aliphatic heterocycles. The van der Waals surface area contributed by atoms with E-state index in [1.54, 1.807) is 6.07 Å². The van der Waals surface area contributed by atoms with Gasteiger partial charge < -0.3 is 19.9 Å². The van der Waals surface area contributed by atoms with E-state index >= 15 is 0 Å². The molecule has 1 atom stereocenters. The number of benzene rings is 2. The summed E-state index contributed by atoms with van der Waals surface area (Å²) in [6, 6.07) is 8.64. The number of carbonyl (C=O) groups is 1. The summed E-state index contributed by atoms with van der Waals surface area (Å²) in [6.45, 7) is 3.17. The maximum atomic E-state index is 13.6. The van der Waals surface area contributed by atoms with Crippen LogP contribution >= 0.6 is 0 Å². The highest BCUT2D eigenvalue weighted by molar-refractivity contribution is 5.99. The highest BCUT2D eigenvalue weighted by atomic mass is 19.1. The highest BCUT2D eigenvalue weighted by Crippen LogP contribution is 2.38. The van der Waals surface area contributed by atoms with Crippen LogP contribution in [-0.2, 0) is 4.79 Å². The SMILES string of the molecule is Cc1nc2c(NC3CCOc4cc(F)ccc43)cc(N3CCCCC3=O)cc2[nH]1. The molecule has 2 N–H and O–H groups in total. The lowest BCUT2D eigenvalue weighted by atomic mass is 9.99. The third-order valence-electron chi connectivity index (χ3n) is 5.67. The molecule has 0 spiro atoms. The van der Waals surface area contributed by atoms with E-state index in [1.807, 2.05) is 24.0 Å². The first-order valence-corrected chi connectivity index (χ1v) is 10.1. The van der Waals surface area contributed by atoms with Gasteiger partial charge in [0, 0.05) is 36.7 Å². The van der Waals surface area contributed by atoms with Gasteiger partial charge in [0.15, 0.2) is 0 Å². The second-order valence-corrected chi connectivity index (χ2v) is 7.73. The molecule has 150 valence electrons. The fourth-order valence-electron chi connectivity index (χ4n) is 4.27. The maximum absolute atomic E-state index is 13.6. The number of carbonyl (C=O) groups excluding carboxylic acids is 1. The minimum absolute atomic E-state index is 0.0214. The predicted octanol–water partition coefficient (Wildman–Crippen LogP) is 4.46. The number of hydrogen-bond donors (Lipinski definition) is 2. The maximum Gasteiger partial charge on any atom is 0.226 e. The minimum atomic E-state index is -0.305. The number of halogens is 1. The Balaban J connectivity index is 1.55. The normalized spacial score (nSPS) is 19.2. The Morgan fingerprint density at radius 2 is 2.17 bits per heavy atom. The topological polar surface area (TPSA) is 70.2 Å². The van der Waals surface area contributed by atoms with Crippen molar-refractivity contribution in [1.82, 2.24) is 9.97 Å². The molecule has 1 fully saturated rings. The van der Waals surface area contributed by atoms with E-state index in [9.17, 15) is 9.18 Å². The molecule has 2 aromatic carbocycles. The first kappa shape index (κ1) is 18.0. The smallest absolute Gasteiger partial charge is 0.226 e. The molecule has 0 bridgehead atoms. The van der Waals surface area contributed by atoms with Crippen LogP contribution in [0.15, 0.2) is 30.3 Å². The average Bonchev–Trinajstić information content (AvgIpc) is 3.08. The summed E-state index contributed by atoms with van der Waals surface area (Å²) in [7, 11) is 0. The number of ether oxygens (including phenoxy) is 1. The van der Waals surface area contributed by atoms with Crippen LogP contribution in [0.2, 0.25) is 0 Å². The number of aromatic nitrogens is 2. The number of amides is 1. The number of rotatable bonds is 3. The molecule has 5 rings (SSSR count). The molecule has 0 saturated carbocycles. The van der Waals surface area contributed by atoms with Gasteiger partial charge in [-0.25, -0.2) is 9.37 Å². The molecule has 29 heavy (non-hydrogen) atoms. The fourth-order valence-corrected chi connectivity index (χ4v) is 4.27. The third-order valence-corrected chi connectivity index (χ3v) is 5.67. The van der Waals surface area contributed by atoms with Crippen molar-refractivity contribution in [3.8, 4) is 5.75 Å². The molecular weight excluding hydrogens is 371 g/mol. The molecule has 3 aromatic rings. The van der Waals surface area contributed by atoms with Crippen molar-refractivity contribution in [3.05, 3.63) is 47.5 Å². The van der Waals surface area contributed by atoms with Crippen LogP contribution in [0.5, 0.6) is 5.75 Å². The monoisotopic (exact) mass is 394 g/mol. The van der Waals surface area contributed by atoms with Gasteiger partial charge in [0.25, 0.3) is 0 Å². The Morgan fingerprint density at radius 3 is 3.03 bits per heavy atom. The number of fused-ring (bicyclic) bond motifs is 2. The second-order valence-electron chi connectivity index (χ2n) is 7.73. The Kier molecular flexibility index (Phi) is 4.38. The van der Waals surface area contributed by atoms with Gasteiger partial charge in [-0.15, -0.1) is 0 Å². The molecular formula is C22H23FN4O2. The van der Waals surface area contributed by atoms with Crippen LogP contribution in [0.3, 0.4) is 0 Å². The number of H-pyrrole nitrogens is 1. The Bertz CT molecular complexity index is 1090. The van der Waals surface area contributed by atoms with Gasteiger partial charge in [-0.1, -0.05) is 6.07 Å². The van der Waals surface area contributed by atoms with E-state index in [1.165, 1.54) is 12.1 Å². The van der Waals surface area contributed by atoms with Gasteiger partial charge in [-0.3, -0.25) is 4.79 Å². The summed E-state index contributed by atoms with van der Waals surface area (Å²) >= 11 is 0. The van der Waals surface area contributed by atoms with Crippen LogP contribution in [-0.4, -0.2) is 29.0 Å². The van der Waals surface area contributed by atoms with Gasteiger partial charge in [-0.05, 0) is 38.0 Å². The van der Waals surface area contributed by atoms with E-state index < -0.39 is 0 Å². The summed E-state index contributed by atoms with van der Waals surface area (Å²) in [5.41, 5.74) is 4.40. The van der Waals surface area contributed by atoms with Gasteiger partial charge >= 0.3 is 0 Å². The Labute approximate surface area is 168 Å². The molecule has 1 amide bonds. The van der Waals surface area contributed by atoms with E-state index in [2.05, 4.69) is 15.3 Å². The highest BCUT2D eigenvalue weighted by Gasteiger charge is 2.25. The molecule has 1 unspecified atom stereocenters. The molecule has 2 aliphatic rings. The molecule has 0 aliphatic carbocycles. The standard InChI is InChI=1S/C22H23FN4O2/c1-13-24-18-11-15(27-8-3-2-4-21(27)28)12-19(22(18)25-13)26-17-7-9-29-20-10-14(23)5-6-16(17)20/h5-6,10-12,17,26H,2-4,7-9H2,1H3,(H,24,25). The number of nitrogens with zero attached hydrogens (tertiary/aromatic N) is 2. The molecule has 6 nitrogen and oxygen atoms in total. The zero-order valence-corrected chi connectivity index (χ0v) is 16.3. The quantitative estimate of drug-likeness (QED) is 0.688. The summed E-state index contributed by atoms with van der Waals surface area (Å²) in [5.74, 6) is 1.25. The van der Waals surface area contributed by atoms with Crippen molar-refractivity contribution in [3.63, 3.8) is 0 Å².